The maximum atomic E-state index is 10.6. The zero-order valence-electron chi connectivity index (χ0n) is 7.47. The zero-order chi connectivity index (χ0) is 10.7. The Hall–Kier alpha value is -1.75. The van der Waals surface area contributed by atoms with E-state index in [4.69, 9.17) is 21.7 Å². The number of hydrogen-bond acceptors (Lipinski definition) is 4. The fourth-order valence-corrected chi connectivity index (χ4v) is 1.05. The fraction of sp³-hybridized carbons (Fsp3) is 0.222. The van der Waals surface area contributed by atoms with Crippen molar-refractivity contribution in [3.05, 3.63) is 23.8 Å². The molecule has 5 nitrogen and oxygen atoms in total. The lowest BCUT2D eigenvalue weighted by Gasteiger charge is -2.07. The van der Waals surface area contributed by atoms with Gasteiger partial charge in [-0.05, 0) is 24.1 Å². The van der Waals surface area contributed by atoms with Gasteiger partial charge in [-0.3, -0.25) is 4.79 Å². The molecular formula is C9H12N2O3. The summed E-state index contributed by atoms with van der Waals surface area (Å²) < 4.78 is 0. The summed E-state index contributed by atoms with van der Waals surface area (Å²) in [5.41, 5.74) is 11.0. The molecule has 0 spiro atoms. The largest absolute Gasteiger partial charge is 0.504 e. The molecule has 6 N–H and O–H groups in total. The SMILES string of the molecule is NC(=O)C(N)Cc1ccc(O)c(O)c1. The molecule has 1 aromatic carbocycles. The van der Waals surface area contributed by atoms with Crippen molar-refractivity contribution in [2.75, 3.05) is 0 Å². The number of carbonyl (C=O) groups is 1. The van der Waals surface area contributed by atoms with E-state index in [1.54, 1.807) is 6.07 Å². The molecule has 5 heteroatoms. The van der Waals surface area contributed by atoms with Crippen molar-refractivity contribution in [1.82, 2.24) is 0 Å². The van der Waals surface area contributed by atoms with Crippen molar-refractivity contribution in [2.45, 2.75) is 12.5 Å². The second kappa shape index (κ2) is 3.97. The van der Waals surface area contributed by atoms with Gasteiger partial charge in [-0.1, -0.05) is 6.07 Å². The van der Waals surface area contributed by atoms with E-state index in [-0.39, 0.29) is 17.9 Å². The molecule has 1 unspecified atom stereocenters. The molecule has 1 rings (SSSR count). The van der Waals surface area contributed by atoms with E-state index >= 15 is 0 Å². The van der Waals surface area contributed by atoms with Crippen LogP contribution in [-0.2, 0) is 11.2 Å². The second-order valence-corrected chi connectivity index (χ2v) is 3.04. The van der Waals surface area contributed by atoms with Crippen LogP contribution in [0, 0.1) is 0 Å². The number of nitrogens with two attached hydrogens (primary N) is 2. The van der Waals surface area contributed by atoms with Gasteiger partial charge >= 0.3 is 0 Å². The quantitative estimate of drug-likeness (QED) is 0.486. The number of aromatic hydroxyl groups is 2. The van der Waals surface area contributed by atoms with Gasteiger partial charge in [0.05, 0.1) is 6.04 Å². The third-order valence-corrected chi connectivity index (χ3v) is 1.86. The number of amides is 1. The summed E-state index contributed by atoms with van der Waals surface area (Å²) in [6.45, 7) is 0. The first-order valence-electron chi connectivity index (χ1n) is 4.06. The topological polar surface area (TPSA) is 110 Å². The van der Waals surface area contributed by atoms with Crippen LogP contribution in [0.1, 0.15) is 5.56 Å². The summed E-state index contributed by atoms with van der Waals surface area (Å²) >= 11 is 0. The Kier molecular flexibility index (Phi) is 2.93. The lowest BCUT2D eigenvalue weighted by atomic mass is 10.1. The molecule has 0 aliphatic carbocycles. The highest BCUT2D eigenvalue weighted by Crippen LogP contribution is 2.25. The number of phenolic OH excluding ortho intramolecular Hbond substituents is 2. The molecule has 1 atom stereocenters. The monoisotopic (exact) mass is 196 g/mol. The first kappa shape index (κ1) is 10.3. The minimum atomic E-state index is -0.779. The molecule has 1 amide bonds. The Morgan fingerprint density at radius 3 is 2.50 bits per heavy atom. The predicted molar refractivity (Wildman–Crippen MR) is 50.6 cm³/mol. The molecule has 0 saturated carbocycles. The summed E-state index contributed by atoms with van der Waals surface area (Å²) in [6, 6.07) is 3.47. The number of phenols is 2. The molecule has 0 aliphatic heterocycles. The molecule has 0 heterocycles. The van der Waals surface area contributed by atoms with Gasteiger partial charge in [0.25, 0.3) is 0 Å². The van der Waals surface area contributed by atoms with Gasteiger partial charge in [-0.2, -0.15) is 0 Å². The average molecular weight is 196 g/mol. The molecule has 0 bridgehead atoms. The van der Waals surface area contributed by atoms with Crippen LogP contribution in [0.2, 0.25) is 0 Å². The maximum absolute atomic E-state index is 10.6. The van der Waals surface area contributed by atoms with Crippen molar-refractivity contribution in [2.24, 2.45) is 11.5 Å². The molecule has 76 valence electrons. The standard InChI is InChI=1S/C9H12N2O3/c10-6(9(11)14)3-5-1-2-7(12)8(13)4-5/h1-2,4,6,12-13H,3,10H2,(H2,11,14). The van der Waals surface area contributed by atoms with Gasteiger partial charge in [-0.15, -0.1) is 0 Å². The molecule has 0 aliphatic rings. The molecule has 0 saturated heterocycles. The molecule has 14 heavy (non-hydrogen) atoms. The number of rotatable bonds is 3. The Morgan fingerprint density at radius 1 is 1.36 bits per heavy atom. The van der Waals surface area contributed by atoms with Gasteiger partial charge in [-0.25, -0.2) is 0 Å². The van der Waals surface area contributed by atoms with Crippen molar-refractivity contribution in [3.8, 4) is 11.5 Å². The summed E-state index contributed by atoms with van der Waals surface area (Å²) in [5.74, 6) is -1.04. The van der Waals surface area contributed by atoms with E-state index in [0.29, 0.717) is 5.56 Å². The van der Waals surface area contributed by atoms with Crippen LogP contribution >= 0.6 is 0 Å². The molecule has 0 fully saturated rings. The van der Waals surface area contributed by atoms with Crippen LogP contribution in [0.15, 0.2) is 18.2 Å². The van der Waals surface area contributed by atoms with Crippen LogP contribution < -0.4 is 11.5 Å². The van der Waals surface area contributed by atoms with E-state index < -0.39 is 11.9 Å². The van der Waals surface area contributed by atoms with Crippen LogP contribution in [0.5, 0.6) is 11.5 Å². The molecular weight excluding hydrogens is 184 g/mol. The Labute approximate surface area is 81.0 Å². The molecule has 1 aromatic rings. The first-order valence-corrected chi connectivity index (χ1v) is 4.06. The van der Waals surface area contributed by atoms with Gasteiger partial charge in [0.1, 0.15) is 0 Å². The normalized spacial score (nSPS) is 12.4. The lowest BCUT2D eigenvalue weighted by Crippen LogP contribution is -2.38. The third kappa shape index (κ3) is 2.37. The predicted octanol–water partition coefficient (Wildman–Crippen LogP) is -0.547. The Balaban J connectivity index is 2.78. The van der Waals surface area contributed by atoms with E-state index in [1.807, 2.05) is 0 Å². The highest BCUT2D eigenvalue weighted by Gasteiger charge is 2.10. The lowest BCUT2D eigenvalue weighted by molar-refractivity contribution is -0.119. The molecule has 0 radical (unpaired) electrons. The van der Waals surface area contributed by atoms with Crippen LogP contribution in [0.3, 0.4) is 0 Å². The van der Waals surface area contributed by atoms with Gasteiger partial charge in [0.2, 0.25) is 5.91 Å². The number of hydrogen-bond donors (Lipinski definition) is 4. The number of benzene rings is 1. The summed E-state index contributed by atoms with van der Waals surface area (Å²) in [4.78, 5) is 10.6. The number of carbonyl (C=O) groups excluding carboxylic acids is 1. The van der Waals surface area contributed by atoms with Crippen molar-refractivity contribution in [1.29, 1.82) is 0 Å². The minimum absolute atomic E-state index is 0.207. The summed E-state index contributed by atoms with van der Waals surface area (Å²) in [7, 11) is 0. The smallest absolute Gasteiger partial charge is 0.234 e. The number of primary amides is 1. The van der Waals surface area contributed by atoms with Crippen LogP contribution in [-0.4, -0.2) is 22.2 Å². The fourth-order valence-electron chi connectivity index (χ4n) is 1.05. The summed E-state index contributed by atoms with van der Waals surface area (Å²) in [6.07, 6.45) is 0.239. The first-order chi connectivity index (χ1) is 6.50. The Morgan fingerprint density at radius 2 is 2.00 bits per heavy atom. The minimum Gasteiger partial charge on any atom is -0.504 e. The highest BCUT2D eigenvalue weighted by molar-refractivity contribution is 5.79. The zero-order valence-corrected chi connectivity index (χ0v) is 7.47. The van der Waals surface area contributed by atoms with Crippen molar-refractivity contribution in [3.63, 3.8) is 0 Å². The van der Waals surface area contributed by atoms with E-state index in [1.165, 1.54) is 12.1 Å². The van der Waals surface area contributed by atoms with E-state index in [0.717, 1.165) is 0 Å². The maximum Gasteiger partial charge on any atom is 0.234 e. The van der Waals surface area contributed by atoms with Crippen LogP contribution in [0.4, 0.5) is 0 Å². The van der Waals surface area contributed by atoms with Gasteiger partial charge < -0.3 is 21.7 Å². The van der Waals surface area contributed by atoms with Crippen molar-refractivity contribution >= 4 is 5.91 Å². The van der Waals surface area contributed by atoms with Crippen LogP contribution in [0.25, 0.3) is 0 Å². The second-order valence-electron chi connectivity index (χ2n) is 3.04. The van der Waals surface area contributed by atoms with Gasteiger partial charge in [0, 0.05) is 0 Å². The molecule has 0 aromatic heterocycles. The van der Waals surface area contributed by atoms with Gasteiger partial charge in [0.15, 0.2) is 11.5 Å². The average Bonchev–Trinajstić information content (AvgIpc) is 2.11. The van der Waals surface area contributed by atoms with Crippen molar-refractivity contribution < 1.29 is 15.0 Å². The summed E-state index contributed by atoms with van der Waals surface area (Å²) in [5, 5.41) is 18.2. The van der Waals surface area contributed by atoms with E-state index in [2.05, 4.69) is 0 Å². The third-order valence-electron chi connectivity index (χ3n) is 1.86. The van der Waals surface area contributed by atoms with E-state index in [9.17, 15) is 4.79 Å². The Bertz CT molecular complexity index is 352. The highest BCUT2D eigenvalue weighted by atomic mass is 16.3.